The summed E-state index contributed by atoms with van der Waals surface area (Å²) in [6, 6.07) is 11.6. The number of hydrogen-bond donors (Lipinski definition) is 2. The molecule has 0 heterocycles. The topological polar surface area (TPSA) is 58.2 Å². The van der Waals surface area contributed by atoms with Crippen molar-refractivity contribution in [2.24, 2.45) is 5.92 Å². The molecule has 2 aromatic rings. The van der Waals surface area contributed by atoms with Crippen LogP contribution in [0.15, 0.2) is 47.4 Å². The lowest BCUT2D eigenvalue weighted by Gasteiger charge is -2.21. The van der Waals surface area contributed by atoms with Gasteiger partial charge in [0.1, 0.15) is 5.82 Å². The number of rotatable bonds is 6. The third kappa shape index (κ3) is 6.21. The summed E-state index contributed by atoms with van der Waals surface area (Å²) in [7, 11) is 0. The summed E-state index contributed by atoms with van der Waals surface area (Å²) in [6.45, 7) is 1.79. The predicted octanol–water partition coefficient (Wildman–Crippen LogP) is 6.12. The second kappa shape index (κ2) is 10.1. The van der Waals surface area contributed by atoms with Crippen molar-refractivity contribution in [2.45, 2.75) is 49.2 Å². The molecule has 7 heteroatoms. The smallest absolute Gasteiger partial charge is 0.237 e. The van der Waals surface area contributed by atoms with E-state index in [4.69, 9.17) is 11.6 Å². The van der Waals surface area contributed by atoms with E-state index >= 15 is 0 Å². The van der Waals surface area contributed by atoms with Crippen LogP contribution in [0.25, 0.3) is 0 Å². The summed E-state index contributed by atoms with van der Waals surface area (Å²) in [4.78, 5) is 25.8. The Kier molecular flexibility index (Phi) is 7.56. The molecule has 154 valence electrons. The summed E-state index contributed by atoms with van der Waals surface area (Å²) in [5.41, 5.74) is 1.19. The fraction of sp³-hybridized carbons (Fsp3) is 0.364. The summed E-state index contributed by atoms with van der Waals surface area (Å²) in [6.07, 6.45) is 5.33. The average Bonchev–Trinajstić information content (AvgIpc) is 2.71. The van der Waals surface area contributed by atoms with Gasteiger partial charge in [0.05, 0.1) is 10.3 Å². The molecule has 1 aliphatic rings. The molecule has 1 fully saturated rings. The van der Waals surface area contributed by atoms with E-state index in [1.165, 1.54) is 36.4 Å². The Morgan fingerprint density at radius 3 is 2.52 bits per heavy atom. The predicted molar refractivity (Wildman–Crippen MR) is 117 cm³/mol. The highest BCUT2D eigenvalue weighted by Crippen LogP contribution is 2.29. The highest BCUT2D eigenvalue weighted by atomic mass is 35.5. The molecule has 4 nitrogen and oxygen atoms in total. The molecule has 1 unspecified atom stereocenters. The molecule has 1 atom stereocenters. The molecule has 0 aromatic heterocycles. The van der Waals surface area contributed by atoms with Crippen LogP contribution in [-0.4, -0.2) is 17.1 Å². The number of carbonyl (C=O) groups excluding carboxylic acids is 2. The van der Waals surface area contributed by atoms with Crippen molar-refractivity contribution in [3.8, 4) is 0 Å². The van der Waals surface area contributed by atoms with Crippen LogP contribution in [0, 0.1) is 11.7 Å². The number of amides is 2. The quantitative estimate of drug-likeness (QED) is 0.538. The first-order valence-electron chi connectivity index (χ1n) is 9.76. The molecule has 0 saturated heterocycles. The number of halogens is 2. The Hall–Kier alpha value is -2.05. The van der Waals surface area contributed by atoms with Crippen LogP contribution in [0.5, 0.6) is 0 Å². The normalized spacial score (nSPS) is 15.6. The van der Waals surface area contributed by atoms with E-state index in [1.54, 1.807) is 6.92 Å². The third-order valence-electron chi connectivity index (χ3n) is 4.95. The summed E-state index contributed by atoms with van der Waals surface area (Å²) in [5, 5.41) is 5.32. The molecule has 0 bridgehead atoms. The fourth-order valence-corrected chi connectivity index (χ4v) is 4.44. The van der Waals surface area contributed by atoms with Crippen molar-refractivity contribution in [3.05, 3.63) is 53.3 Å². The van der Waals surface area contributed by atoms with E-state index in [1.807, 2.05) is 24.3 Å². The van der Waals surface area contributed by atoms with E-state index in [2.05, 4.69) is 10.6 Å². The first kappa shape index (κ1) is 21.7. The molecular weight excluding hydrogens is 411 g/mol. The summed E-state index contributed by atoms with van der Waals surface area (Å²) < 4.78 is 13.3. The van der Waals surface area contributed by atoms with Crippen molar-refractivity contribution in [2.75, 3.05) is 10.6 Å². The molecule has 1 aliphatic carbocycles. The maximum atomic E-state index is 13.3. The minimum atomic E-state index is -0.529. The van der Waals surface area contributed by atoms with Gasteiger partial charge >= 0.3 is 0 Å². The monoisotopic (exact) mass is 434 g/mol. The van der Waals surface area contributed by atoms with Gasteiger partial charge in [-0.1, -0.05) is 36.9 Å². The van der Waals surface area contributed by atoms with Crippen LogP contribution in [0.3, 0.4) is 0 Å². The number of hydrogen-bond acceptors (Lipinski definition) is 3. The fourth-order valence-electron chi connectivity index (χ4n) is 3.33. The van der Waals surface area contributed by atoms with Gasteiger partial charge in [-0.2, -0.15) is 0 Å². The Bertz CT molecular complexity index is 887. The first-order valence-corrected chi connectivity index (χ1v) is 11.0. The molecular formula is C22H24ClFN2O2S. The van der Waals surface area contributed by atoms with Crippen molar-refractivity contribution < 1.29 is 14.0 Å². The van der Waals surface area contributed by atoms with Gasteiger partial charge in [0.2, 0.25) is 11.8 Å². The summed E-state index contributed by atoms with van der Waals surface area (Å²) in [5.74, 6) is -0.577. The molecule has 0 spiro atoms. The van der Waals surface area contributed by atoms with Gasteiger partial charge in [0.25, 0.3) is 0 Å². The van der Waals surface area contributed by atoms with Gasteiger partial charge in [0, 0.05) is 22.2 Å². The number of carbonyl (C=O) groups is 2. The maximum Gasteiger partial charge on any atom is 0.237 e. The van der Waals surface area contributed by atoms with Crippen LogP contribution in [0.2, 0.25) is 5.02 Å². The number of nitrogens with one attached hydrogen (secondary N) is 2. The van der Waals surface area contributed by atoms with E-state index in [0.717, 1.165) is 36.3 Å². The third-order valence-corrected chi connectivity index (χ3v) is 6.33. The van der Waals surface area contributed by atoms with Crippen LogP contribution in [-0.2, 0) is 9.59 Å². The van der Waals surface area contributed by atoms with Gasteiger partial charge in [-0.15, -0.1) is 11.8 Å². The molecule has 2 aromatic carbocycles. The highest BCUT2D eigenvalue weighted by molar-refractivity contribution is 8.00. The van der Waals surface area contributed by atoms with Crippen LogP contribution in [0.1, 0.15) is 39.0 Å². The molecule has 29 heavy (non-hydrogen) atoms. The lowest BCUT2D eigenvalue weighted by Crippen LogP contribution is -2.24. The van der Waals surface area contributed by atoms with Gasteiger partial charge in [-0.05, 0) is 56.2 Å². The number of benzene rings is 2. The van der Waals surface area contributed by atoms with Crippen molar-refractivity contribution in [1.82, 2.24) is 0 Å². The van der Waals surface area contributed by atoms with Gasteiger partial charge in [-0.3, -0.25) is 9.59 Å². The van der Waals surface area contributed by atoms with Gasteiger partial charge in [0.15, 0.2) is 0 Å². The lowest BCUT2D eigenvalue weighted by atomic mass is 9.88. The standard InChI is InChI=1S/C22H24ClFN2O2S/c1-14(21(27)25-17-10-11-20(24)19(23)13-17)29-18-9-5-8-16(12-18)26-22(28)15-6-3-2-4-7-15/h5,8-15H,2-4,6-7H2,1H3,(H,25,27)(H,26,28). The molecule has 2 N–H and O–H groups in total. The molecule has 3 rings (SSSR count). The Morgan fingerprint density at radius 1 is 1.07 bits per heavy atom. The van der Waals surface area contributed by atoms with E-state index in [0.29, 0.717) is 5.69 Å². The molecule has 1 saturated carbocycles. The zero-order chi connectivity index (χ0) is 20.8. The van der Waals surface area contributed by atoms with Crippen molar-refractivity contribution in [3.63, 3.8) is 0 Å². The maximum absolute atomic E-state index is 13.3. The van der Waals surface area contributed by atoms with Crippen LogP contribution >= 0.6 is 23.4 Å². The van der Waals surface area contributed by atoms with Gasteiger partial charge in [-0.25, -0.2) is 4.39 Å². The Labute approximate surface area is 179 Å². The Morgan fingerprint density at radius 2 is 1.79 bits per heavy atom. The van der Waals surface area contributed by atoms with E-state index < -0.39 is 5.82 Å². The Balaban J connectivity index is 1.57. The van der Waals surface area contributed by atoms with Crippen molar-refractivity contribution in [1.29, 1.82) is 0 Å². The zero-order valence-corrected chi connectivity index (χ0v) is 17.8. The van der Waals surface area contributed by atoms with Crippen LogP contribution < -0.4 is 10.6 Å². The molecule has 0 aliphatic heterocycles. The number of thioether (sulfide) groups is 1. The molecule has 0 radical (unpaired) electrons. The second-order valence-corrected chi connectivity index (χ2v) is 9.05. The number of anilines is 2. The minimum absolute atomic E-state index is 0.0375. The largest absolute Gasteiger partial charge is 0.326 e. The van der Waals surface area contributed by atoms with Crippen LogP contribution in [0.4, 0.5) is 15.8 Å². The lowest BCUT2D eigenvalue weighted by molar-refractivity contribution is -0.120. The SMILES string of the molecule is CC(Sc1cccc(NC(=O)C2CCCCC2)c1)C(=O)Nc1ccc(F)c(Cl)c1. The molecule has 2 amide bonds. The van der Waals surface area contributed by atoms with Gasteiger partial charge < -0.3 is 10.6 Å². The highest BCUT2D eigenvalue weighted by Gasteiger charge is 2.21. The van der Waals surface area contributed by atoms with Crippen molar-refractivity contribution >= 4 is 46.6 Å². The summed E-state index contributed by atoms with van der Waals surface area (Å²) >= 11 is 7.14. The minimum Gasteiger partial charge on any atom is -0.326 e. The van der Waals surface area contributed by atoms with E-state index in [9.17, 15) is 14.0 Å². The van der Waals surface area contributed by atoms with E-state index in [-0.39, 0.29) is 28.0 Å². The zero-order valence-electron chi connectivity index (χ0n) is 16.2. The first-order chi connectivity index (χ1) is 13.9. The second-order valence-electron chi connectivity index (χ2n) is 7.23. The average molecular weight is 435 g/mol.